The van der Waals surface area contributed by atoms with Crippen LogP contribution >= 0.6 is 8.25 Å². The van der Waals surface area contributed by atoms with Gasteiger partial charge in [-0.25, -0.2) is 0 Å². The quantitative estimate of drug-likeness (QED) is 0.510. The summed E-state index contributed by atoms with van der Waals surface area (Å²) < 4.78 is 8.70. The third-order valence-electron chi connectivity index (χ3n) is 2.17. The summed E-state index contributed by atoms with van der Waals surface area (Å²) in [6.45, 7) is 9.56. The molecular weight excluding hydrogens is 217 g/mol. The third kappa shape index (κ3) is 11.2. The van der Waals surface area contributed by atoms with Crippen molar-refractivity contribution in [3.05, 3.63) is 12.7 Å². The van der Waals surface area contributed by atoms with Gasteiger partial charge in [0.05, 0.1) is 0 Å². The Kier molecular flexibility index (Phi) is 9.47. The van der Waals surface area contributed by atoms with Crippen molar-refractivity contribution in [2.75, 3.05) is 0 Å². The molecule has 0 spiro atoms. The van der Waals surface area contributed by atoms with Crippen LogP contribution in [0.1, 0.15) is 33.6 Å². The van der Waals surface area contributed by atoms with Gasteiger partial charge in [-0.2, -0.15) is 0 Å². The molecule has 88 valence electrons. The molecule has 6 heteroatoms. The van der Waals surface area contributed by atoms with Gasteiger partial charge in [-0.05, 0) is 25.8 Å². The Morgan fingerprint density at radius 1 is 1.47 bits per heavy atom. The lowest BCUT2D eigenvalue weighted by atomic mass is 9.95. The van der Waals surface area contributed by atoms with Crippen LogP contribution in [0.15, 0.2) is 12.7 Å². The summed E-state index contributed by atoms with van der Waals surface area (Å²) in [6.07, 6.45) is 3.20. The SMILES string of the molecule is C=CC(=O)NC(C)(CC)CC.O=[P+](O)O. The first-order valence-corrected chi connectivity index (χ1v) is 5.77. The molecule has 0 aromatic rings. The van der Waals surface area contributed by atoms with E-state index in [1.165, 1.54) is 6.08 Å². The van der Waals surface area contributed by atoms with Gasteiger partial charge < -0.3 is 5.32 Å². The second kappa shape index (κ2) is 8.53. The van der Waals surface area contributed by atoms with Crippen molar-refractivity contribution in [2.45, 2.75) is 39.2 Å². The van der Waals surface area contributed by atoms with Crippen LogP contribution < -0.4 is 5.32 Å². The van der Waals surface area contributed by atoms with Crippen LogP contribution in [-0.2, 0) is 9.36 Å². The first kappa shape index (κ1) is 16.7. The third-order valence-corrected chi connectivity index (χ3v) is 2.17. The Morgan fingerprint density at radius 2 is 1.80 bits per heavy atom. The van der Waals surface area contributed by atoms with Crippen molar-refractivity contribution >= 4 is 14.2 Å². The zero-order valence-electron chi connectivity index (χ0n) is 9.36. The van der Waals surface area contributed by atoms with E-state index in [4.69, 9.17) is 14.4 Å². The Hall–Kier alpha value is -0.770. The molecular formula is C9H19NO4P+. The van der Waals surface area contributed by atoms with E-state index < -0.39 is 8.25 Å². The van der Waals surface area contributed by atoms with Gasteiger partial charge in [0.15, 0.2) is 0 Å². The van der Waals surface area contributed by atoms with Gasteiger partial charge in [0.2, 0.25) is 5.91 Å². The van der Waals surface area contributed by atoms with Gasteiger partial charge in [0.25, 0.3) is 0 Å². The molecule has 0 aliphatic heterocycles. The van der Waals surface area contributed by atoms with Crippen molar-refractivity contribution in [1.82, 2.24) is 5.32 Å². The summed E-state index contributed by atoms with van der Waals surface area (Å²) in [7, 11) is -2.87. The number of carbonyl (C=O) groups is 1. The van der Waals surface area contributed by atoms with Crippen molar-refractivity contribution in [2.24, 2.45) is 0 Å². The lowest BCUT2D eigenvalue weighted by molar-refractivity contribution is -0.118. The predicted octanol–water partition coefficient (Wildman–Crippen LogP) is 1.50. The number of nitrogens with one attached hydrogen (secondary N) is 1. The molecule has 3 N–H and O–H groups in total. The van der Waals surface area contributed by atoms with E-state index in [1.807, 2.05) is 6.92 Å². The molecule has 0 saturated carbocycles. The highest BCUT2D eigenvalue weighted by Crippen LogP contribution is 2.12. The zero-order chi connectivity index (χ0) is 12.5. The van der Waals surface area contributed by atoms with Crippen LogP contribution in [0.4, 0.5) is 0 Å². The fourth-order valence-corrected chi connectivity index (χ4v) is 0.775. The van der Waals surface area contributed by atoms with Gasteiger partial charge in [-0.15, -0.1) is 9.79 Å². The predicted molar refractivity (Wildman–Crippen MR) is 59.4 cm³/mol. The Morgan fingerprint density at radius 3 is 2.00 bits per heavy atom. The smallest absolute Gasteiger partial charge is 0.347 e. The second-order valence-corrected chi connectivity index (χ2v) is 3.72. The van der Waals surface area contributed by atoms with Crippen LogP contribution in [-0.4, -0.2) is 21.2 Å². The monoisotopic (exact) mass is 236 g/mol. The maximum absolute atomic E-state index is 10.9. The van der Waals surface area contributed by atoms with Crippen LogP contribution in [0, 0.1) is 0 Å². The number of carbonyl (C=O) groups excluding carboxylic acids is 1. The lowest BCUT2D eigenvalue weighted by Crippen LogP contribution is -2.44. The highest BCUT2D eigenvalue weighted by Gasteiger charge is 2.19. The van der Waals surface area contributed by atoms with Gasteiger partial charge in [-0.3, -0.25) is 4.79 Å². The summed E-state index contributed by atoms with van der Waals surface area (Å²) >= 11 is 0. The first-order valence-electron chi connectivity index (χ1n) is 4.60. The molecule has 0 aliphatic carbocycles. The minimum atomic E-state index is -2.87. The van der Waals surface area contributed by atoms with Crippen LogP contribution in [0.25, 0.3) is 0 Å². The fourth-order valence-electron chi connectivity index (χ4n) is 0.775. The molecule has 5 nitrogen and oxygen atoms in total. The Bertz CT molecular complexity index is 222. The Labute approximate surface area is 91.2 Å². The average Bonchev–Trinajstić information content (AvgIpc) is 2.16. The summed E-state index contributed by atoms with van der Waals surface area (Å²) in [5.74, 6) is -0.0869. The van der Waals surface area contributed by atoms with Crippen molar-refractivity contribution in [3.8, 4) is 0 Å². The molecule has 1 amide bonds. The van der Waals surface area contributed by atoms with E-state index in [1.54, 1.807) is 0 Å². The summed E-state index contributed by atoms with van der Waals surface area (Å²) in [4.78, 5) is 25.2. The van der Waals surface area contributed by atoms with Crippen LogP contribution in [0.5, 0.6) is 0 Å². The number of amides is 1. The summed E-state index contributed by atoms with van der Waals surface area (Å²) in [5, 5.41) is 2.89. The topological polar surface area (TPSA) is 86.6 Å². The molecule has 15 heavy (non-hydrogen) atoms. The van der Waals surface area contributed by atoms with E-state index in [9.17, 15) is 4.79 Å². The summed E-state index contributed by atoms with van der Waals surface area (Å²) in [5.41, 5.74) is -0.0642. The molecule has 0 bridgehead atoms. The molecule has 0 heterocycles. The van der Waals surface area contributed by atoms with E-state index in [0.717, 1.165) is 12.8 Å². The van der Waals surface area contributed by atoms with Crippen molar-refractivity contribution < 1.29 is 19.1 Å². The molecule has 0 aromatic heterocycles. The molecule has 0 rings (SSSR count). The molecule has 0 atom stereocenters. The fraction of sp³-hybridized carbons (Fsp3) is 0.667. The maximum atomic E-state index is 10.9. The van der Waals surface area contributed by atoms with Crippen molar-refractivity contribution in [3.63, 3.8) is 0 Å². The molecule has 0 fully saturated rings. The number of hydrogen-bond acceptors (Lipinski definition) is 2. The molecule has 0 aliphatic rings. The highest BCUT2D eigenvalue weighted by atomic mass is 31.1. The normalized spacial score (nSPS) is 9.67. The van der Waals surface area contributed by atoms with Crippen molar-refractivity contribution in [1.29, 1.82) is 0 Å². The lowest BCUT2D eigenvalue weighted by Gasteiger charge is -2.27. The molecule has 0 aromatic carbocycles. The van der Waals surface area contributed by atoms with Gasteiger partial charge in [0.1, 0.15) is 0 Å². The van der Waals surface area contributed by atoms with Gasteiger partial charge in [-0.1, -0.05) is 20.4 Å². The van der Waals surface area contributed by atoms with E-state index >= 15 is 0 Å². The zero-order valence-corrected chi connectivity index (χ0v) is 10.3. The maximum Gasteiger partial charge on any atom is 0.692 e. The number of rotatable bonds is 4. The standard InChI is InChI=1S/C9H17NO.HO3P/c1-5-8(11)10-9(4,6-2)7-3;1-4(2)3/h5H,1,6-7H2,2-4H3,(H,10,11);(H-,1,2,3)/p+1. The molecule has 0 radical (unpaired) electrons. The van der Waals surface area contributed by atoms with Crippen LogP contribution in [0.2, 0.25) is 0 Å². The Balaban J connectivity index is 0. The van der Waals surface area contributed by atoms with E-state index in [-0.39, 0.29) is 11.4 Å². The van der Waals surface area contributed by atoms with E-state index in [0.29, 0.717) is 0 Å². The van der Waals surface area contributed by atoms with E-state index in [2.05, 4.69) is 25.7 Å². The molecule has 0 unspecified atom stereocenters. The second-order valence-electron chi connectivity index (χ2n) is 3.21. The van der Waals surface area contributed by atoms with Gasteiger partial charge >= 0.3 is 8.25 Å². The minimum absolute atomic E-state index is 0.0642. The highest BCUT2D eigenvalue weighted by molar-refractivity contribution is 7.30. The largest absolute Gasteiger partial charge is 0.692 e. The van der Waals surface area contributed by atoms with Crippen LogP contribution in [0.3, 0.4) is 0 Å². The average molecular weight is 236 g/mol. The van der Waals surface area contributed by atoms with Gasteiger partial charge in [0, 0.05) is 10.1 Å². The number of hydrogen-bond donors (Lipinski definition) is 3. The minimum Gasteiger partial charge on any atom is -0.347 e. The molecule has 0 saturated heterocycles. The summed E-state index contributed by atoms with van der Waals surface area (Å²) in [6, 6.07) is 0. The first-order chi connectivity index (χ1) is 6.81.